The Morgan fingerprint density at radius 3 is 2.61 bits per heavy atom. The Labute approximate surface area is 139 Å². The van der Waals surface area contributed by atoms with Crippen molar-refractivity contribution < 1.29 is 17.9 Å². The normalized spacial score (nSPS) is 39.4. The molecule has 6 nitrogen and oxygen atoms in total. The van der Waals surface area contributed by atoms with Crippen LogP contribution in [-0.2, 0) is 19.3 Å². The fraction of sp³-hybridized carbons (Fsp3) is 1.00. The van der Waals surface area contributed by atoms with Gasteiger partial charge < -0.3 is 9.47 Å². The van der Waals surface area contributed by atoms with Crippen molar-refractivity contribution in [1.29, 1.82) is 0 Å². The highest BCUT2D eigenvalue weighted by atomic mass is 32.2. The molecule has 134 valence electrons. The van der Waals surface area contributed by atoms with Gasteiger partial charge in [-0.25, -0.2) is 8.42 Å². The molecule has 3 rings (SSSR count). The molecule has 0 amide bonds. The van der Waals surface area contributed by atoms with Crippen LogP contribution in [0.5, 0.6) is 0 Å². The van der Waals surface area contributed by atoms with Crippen LogP contribution in [0.1, 0.15) is 44.9 Å². The molecule has 0 spiro atoms. The van der Waals surface area contributed by atoms with E-state index in [-0.39, 0.29) is 17.5 Å². The average molecular weight is 346 g/mol. The lowest BCUT2D eigenvalue weighted by atomic mass is 9.81. The summed E-state index contributed by atoms with van der Waals surface area (Å²) < 4.78 is 35.0. The van der Waals surface area contributed by atoms with Crippen LogP contribution in [0.25, 0.3) is 0 Å². The van der Waals surface area contributed by atoms with E-state index in [0.717, 1.165) is 58.1 Å². The van der Waals surface area contributed by atoms with Crippen molar-refractivity contribution in [2.75, 3.05) is 26.0 Å². The lowest BCUT2D eigenvalue weighted by Crippen LogP contribution is -2.56. The van der Waals surface area contributed by atoms with E-state index in [4.69, 9.17) is 9.47 Å². The Morgan fingerprint density at radius 1 is 1.17 bits per heavy atom. The highest BCUT2D eigenvalue weighted by Gasteiger charge is 2.34. The molecule has 1 saturated carbocycles. The summed E-state index contributed by atoms with van der Waals surface area (Å²) in [7, 11) is -2.88. The van der Waals surface area contributed by atoms with Gasteiger partial charge in [-0.15, -0.1) is 0 Å². The van der Waals surface area contributed by atoms with Crippen molar-refractivity contribution in [2.24, 2.45) is 5.92 Å². The van der Waals surface area contributed by atoms with Gasteiger partial charge in [-0.1, -0.05) is 0 Å². The first-order valence-electron chi connectivity index (χ1n) is 8.93. The van der Waals surface area contributed by atoms with Gasteiger partial charge in [0.1, 0.15) is 9.84 Å². The quantitative estimate of drug-likeness (QED) is 0.774. The molecule has 0 radical (unpaired) electrons. The largest absolute Gasteiger partial charge is 0.376 e. The van der Waals surface area contributed by atoms with E-state index in [0.29, 0.717) is 18.6 Å². The second-order valence-corrected chi connectivity index (χ2v) is 9.65. The summed E-state index contributed by atoms with van der Waals surface area (Å²) >= 11 is 0. The predicted octanol–water partition coefficient (Wildman–Crippen LogP) is 1.02. The summed E-state index contributed by atoms with van der Waals surface area (Å²) in [5.74, 6) is 0.537. The Hall–Kier alpha value is -0.210. The highest BCUT2D eigenvalue weighted by Crippen LogP contribution is 2.32. The number of hydrogen-bond donors (Lipinski definition) is 2. The molecular formula is C16H30N2O4S. The molecule has 3 fully saturated rings. The molecule has 3 unspecified atom stereocenters. The van der Waals surface area contributed by atoms with Gasteiger partial charge in [0.15, 0.2) is 0 Å². The van der Waals surface area contributed by atoms with E-state index < -0.39 is 9.84 Å². The molecule has 1 aliphatic carbocycles. The second-order valence-electron chi connectivity index (χ2n) is 7.32. The van der Waals surface area contributed by atoms with Crippen LogP contribution >= 0.6 is 0 Å². The number of rotatable bonds is 5. The van der Waals surface area contributed by atoms with Gasteiger partial charge in [-0.05, 0) is 50.9 Å². The van der Waals surface area contributed by atoms with Crippen molar-refractivity contribution in [3.63, 3.8) is 0 Å². The average Bonchev–Trinajstić information content (AvgIpc) is 3.06. The molecular weight excluding hydrogens is 316 g/mol. The summed E-state index contributed by atoms with van der Waals surface area (Å²) in [4.78, 5) is 0. The summed E-state index contributed by atoms with van der Waals surface area (Å²) in [6, 6.07) is 0.374. The smallest absolute Gasteiger partial charge is 0.150 e. The molecule has 0 aromatic carbocycles. The summed E-state index contributed by atoms with van der Waals surface area (Å²) in [5.41, 5.74) is 6.65. The topological polar surface area (TPSA) is 76.7 Å². The first kappa shape index (κ1) is 17.6. The minimum Gasteiger partial charge on any atom is -0.376 e. The van der Waals surface area contributed by atoms with Crippen LogP contribution in [-0.4, -0.2) is 57.9 Å². The minimum absolute atomic E-state index is 0.137. The molecule has 0 aromatic rings. The SMILES string of the molecule is CS(=O)(=O)C1CCC(C2CC(OCC3CCCO3)CNN2)CC1. The Morgan fingerprint density at radius 2 is 1.96 bits per heavy atom. The molecule has 3 atom stereocenters. The van der Waals surface area contributed by atoms with E-state index >= 15 is 0 Å². The Bertz CT molecular complexity index is 470. The summed E-state index contributed by atoms with van der Waals surface area (Å²) in [5, 5.41) is -0.137. The van der Waals surface area contributed by atoms with Crippen LogP contribution in [0.4, 0.5) is 0 Å². The van der Waals surface area contributed by atoms with Gasteiger partial charge in [0.2, 0.25) is 0 Å². The molecule has 23 heavy (non-hydrogen) atoms. The monoisotopic (exact) mass is 346 g/mol. The van der Waals surface area contributed by atoms with Crippen LogP contribution in [0.3, 0.4) is 0 Å². The first-order chi connectivity index (χ1) is 11.0. The third-order valence-corrected chi connectivity index (χ3v) is 7.25. The molecule has 3 aliphatic rings. The number of ether oxygens (including phenoxy) is 2. The molecule has 0 bridgehead atoms. The molecule has 2 heterocycles. The highest BCUT2D eigenvalue weighted by molar-refractivity contribution is 7.91. The second kappa shape index (κ2) is 7.78. The predicted molar refractivity (Wildman–Crippen MR) is 88.8 cm³/mol. The van der Waals surface area contributed by atoms with Crippen LogP contribution in [0.2, 0.25) is 0 Å². The maximum Gasteiger partial charge on any atom is 0.150 e. The van der Waals surface area contributed by atoms with Gasteiger partial charge in [0, 0.05) is 25.4 Å². The van der Waals surface area contributed by atoms with Crippen molar-refractivity contribution in [3.05, 3.63) is 0 Å². The lowest BCUT2D eigenvalue weighted by Gasteiger charge is -2.39. The zero-order valence-corrected chi connectivity index (χ0v) is 14.8. The third kappa shape index (κ3) is 4.89. The van der Waals surface area contributed by atoms with Crippen LogP contribution in [0, 0.1) is 5.92 Å². The van der Waals surface area contributed by atoms with Gasteiger partial charge in [0.05, 0.1) is 24.1 Å². The van der Waals surface area contributed by atoms with E-state index in [1.54, 1.807) is 0 Å². The summed E-state index contributed by atoms with van der Waals surface area (Å²) in [6.45, 7) is 2.38. The molecule has 0 aromatic heterocycles. The summed E-state index contributed by atoms with van der Waals surface area (Å²) in [6.07, 6.45) is 8.66. The number of hydrogen-bond acceptors (Lipinski definition) is 6. The van der Waals surface area contributed by atoms with Gasteiger partial charge in [-0.3, -0.25) is 10.9 Å². The number of nitrogens with one attached hydrogen (secondary N) is 2. The molecule has 2 N–H and O–H groups in total. The molecule has 7 heteroatoms. The van der Waals surface area contributed by atoms with Crippen molar-refractivity contribution in [3.8, 4) is 0 Å². The first-order valence-corrected chi connectivity index (χ1v) is 10.9. The zero-order valence-electron chi connectivity index (χ0n) is 14.0. The van der Waals surface area contributed by atoms with E-state index in [9.17, 15) is 8.42 Å². The van der Waals surface area contributed by atoms with Crippen LogP contribution < -0.4 is 10.9 Å². The molecule has 2 aliphatic heterocycles. The standard InChI is InChI=1S/C16H30N2O4S/c1-23(19,20)15-6-4-12(5-7-15)16-9-14(10-17-18-16)22-11-13-3-2-8-21-13/h12-18H,2-11H2,1H3. The van der Waals surface area contributed by atoms with Gasteiger partial charge in [-0.2, -0.15) is 0 Å². The van der Waals surface area contributed by atoms with E-state index in [1.807, 2.05) is 0 Å². The van der Waals surface area contributed by atoms with Gasteiger partial charge >= 0.3 is 0 Å². The zero-order chi connectivity index (χ0) is 16.3. The fourth-order valence-corrected chi connectivity index (χ4v) is 5.23. The number of hydrazine groups is 1. The maximum absolute atomic E-state index is 11.7. The maximum atomic E-state index is 11.7. The minimum atomic E-state index is -2.88. The Balaban J connectivity index is 1.43. The number of sulfone groups is 1. The van der Waals surface area contributed by atoms with Gasteiger partial charge in [0.25, 0.3) is 0 Å². The van der Waals surface area contributed by atoms with Crippen molar-refractivity contribution >= 4 is 9.84 Å². The molecule has 2 saturated heterocycles. The lowest BCUT2D eigenvalue weighted by molar-refractivity contribution is -0.0404. The van der Waals surface area contributed by atoms with Crippen LogP contribution in [0.15, 0.2) is 0 Å². The van der Waals surface area contributed by atoms with E-state index in [2.05, 4.69) is 10.9 Å². The van der Waals surface area contributed by atoms with Crippen molar-refractivity contribution in [2.45, 2.75) is 68.4 Å². The van der Waals surface area contributed by atoms with Crippen molar-refractivity contribution in [1.82, 2.24) is 10.9 Å². The third-order valence-electron chi connectivity index (χ3n) is 5.57. The Kier molecular flexibility index (Phi) is 5.96. The van der Waals surface area contributed by atoms with E-state index in [1.165, 1.54) is 6.26 Å². The fourth-order valence-electron chi connectivity index (χ4n) is 4.10.